The number of fused-ring (bicyclic) bond motifs is 7. The summed E-state index contributed by atoms with van der Waals surface area (Å²) in [6, 6.07) is 20.7. The summed E-state index contributed by atoms with van der Waals surface area (Å²) in [7, 11) is 1.63. The fraction of sp³-hybridized carbons (Fsp3) is 0.574. The standard InChI is InChI=1S/C101H132FN9O31/c1-4-101(126)74-54-80-88-72(61-111(80)95(121)73(74)63-139-98(101)124)87-76(21-20-71-64(2)75(102)55-77(106-88)86(71)87)108-99(125)140-62-65-17-22-81(141-97-91(118)89(116)90(117)92(142-97)96(122)123)69(53-65)58-104-82(112)23-27-103-94(120)78(59-105-83(113)24-30-128-33-34-130-37-38-132-41-42-134-45-46-136-49-50-138-52-51-137-48-47-135-44-43-133-40-39-131-36-35-129-32-31-127-3)107-93(119)70-56-100(57-70)25-28-109(29-26-100)84(114)15-9-10-16-85(115)110-60-68-13-6-5-11-66(68)18-19-67-12-7-8-14-79(67)110/h5-8,11-14,17-19,22,53-55,70,76,78,89-92,97,116-118,126H,4,9-10,15-16,20-21,23-52,56-63H2,1-3H3,(H,103,120)(H,104,112)(H,105,113)(H,107,119)(H,108,125)(H,122,123)/b19-18-. The molecule has 8 unspecified atom stereocenters. The van der Waals surface area contributed by atoms with Crippen LogP contribution >= 0.6 is 0 Å². The summed E-state index contributed by atoms with van der Waals surface area (Å²) < 4.78 is 106. The molecule has 40 nitrogen and oxygen atoms in total. The third-order valence-electron chi connectivity index (χ3n) is 26.4. The molecule has 4 aromatic carbocycles. The van der Waals surface area contributed by atoms with Crippen LogP contribution in [0.1, 0.15) is 151 Å². The molecule has 5 aliphatic heterocycles. The average molecular weight is 1990 g/mol. The first-order valence-corrected chi connectivity index (χ1v) is 48.7. The third kappa shape index (κ3) is 29.2. The first-order valence-electron chi connectivity index (χ1n) is 48.7. The van der Waals surface area contributed by atoms with Crippen molar-refractivity contribution in [1.29, 1.82) is 0 Å². The van der Waals surface area contributed by atoms with E-state index in [9.17, 15) is 73.5 Å². The molecule has 6 aromatic rings. The van der Waals surface area contributed by atoms with Crippen molar-refractivity contribution in [1.82, 2.24) is 41.0 Å². The van der Waals surface area contributed by atoms with Gasteiger partial charge in [0.25, 0.3) is 5.56 Å². The number of carbonyl (C=O) groups excluding carboxylic acids is 8. The van der Waals surface area contributed by atoms with Gasteiger partial charge in [-0.2, -0.15) is 0 Å². The number of aliphatic carboxylic acids is 1. The Balaban J connectivity index is 0.559. The number of pyridine rings is 2. The number of hydrogen-bond acceptors (Lipinski definition) is 31. The van der Waals surface area contributed by atoms with Crippen molar-refractivity contribution in [3.63, 3.8) is 0 Å². The second kappa shape index (κ2) is 54.1. The number of unbranched alkanes of at least 4 members (excludes halogenated alkanes) is 1. The number of likely N-dealkylation sites (tertiary alicyclic amines) is 1. The molecular weight excluding hydrogens is 1850 g/mol. The van der Waals surface area contributed by atoms with E-state index in [1.165, 1.54) is 34.9 Å². The molecule has 8 atom stereocenters. The van der Waals surface area contributed by atoms with Crippen LogP contribution in [0.2, 0.25) is 0 Å². The van der Waals surface area contributed by atoms with Gasteiger partial charge in [-0.1, -0.05) is 67.6 Å². The van der Waals surface area contributed by atoms with Crippen molar-refractivity contribution < 1.29 is 149 Å². The number of piperidine rings is 1. The number of aromatic nitrogens is 2. The number of cyclic esters (lactones) is 1. The fourth-order valence-electron chi connectivity index (χ4n) is 18.4. The van der Waals surface area contributed by atoms with Gasteiger partial charge in [0.15, 0.2) is 11.7 Å². The largest absolute Gasteiger partial charge is 0.479 e. The van der Waals surface area contributed by atoms with Crippen LogP contribution in [0.25, 0.3) is 34.4 Å². The Bertz CT molecular complexity index is 5380. The van der Waals surface area contributed by atoms with E-state index in [2.05, 4.69) is 32.7 Å². The molecule has 1 spiro atoms. The number of methoxy groups -OCH3 is 1. The number of carbonyl (C=O) groups is 9. The van der Waals surface area contributed by atoms with Crippen LogP contribution in [-0.2, 0) is 154 Å². The summed E-state index contributed by atoms with van der Waals surface area (Å²) in [5, 5.41) is 68.2. The van der Waals surface area contributed by atoms with Crippen molar-refractivity contribution in [3.8, 4) is 17.1 Å². The first-order chi connectivity index (χ1) is 68.9. The molecule has 10 N–H and O–H groups in total. The number of aliphatic hydroxyl groups excluding tert-OH is 3. The third-order valence-corrected chi connectivity index (χ3v) is 26.4. The number of carboxylic acids is 1. The summed E-state index contributed by atoms with van der Waals surface area (Å²) >= 11 is 0. The van der Waals surface area contributed by atoms with E-state index in [0.717, 1.165) is 22.4 Å². The van der Waals surface area contributed by atoms with Crippen LogP contribution in [0, 0.1) is 24.1 Å². The van der Waals surface area contributed by atoms with E-state index in [1.54, 1.807) is 21.0 Å². The number of ether oxygens (including phenoxy) is 16. The molecule has 0 bridgehead atoms. The normalized spacial score (nSPS) is 19.6. The number of anilines is 1. The van der Waals surface area contributed by atoms with Crippen LogP contribution in [0.15, 0.2) is 83.7 Å². The van der Waals surface area contributed by atoms with Gasteiger partial charge in [0.2, 0.25) is 41.7 Å². The maximum atomic E-state index is 15.8. The fourth-order valence-corrected chi connectivity index (χ4v) is 18.4. The van der Waals surface area contributed by atoms with Crippen molar-refractivity contribution in [2.45, 2.75) is 179 Å². The minimum atomic E-state index is -2.13. The predicted molar refractivity (Wildman–Crippen MR) is 507 cm³/mol. The lowest BCUT2D eigenvalue weighted by molar-refractivity contribution is -0.271. The summed E-state index contributed by atoms with van der Waals surface area (Å²) in [4.78, 5) is 146. The van der Waals surface area contributed by atoms with Gasteiger partial charge < -0.3 is 142 Å². The summed E-state index contributed by atoms with van der Waals surface area (Å²) in [6.45, 7) is 11.7. The Morgan fingerprint density at radius 1 is 0.627 bits per heavy atom. The zero-order valence-corrected chi connectivity index (χ0v) is 80.6. The van der Waals surface area contributed by atoms with Crippen LogP contribution in [0.3, 0.4) is 0 Å². The molecule has 13 rings (SSSR count). The van der Waals surface area contributed by atoms with Gasteiger partial charge in [-0.05, 0) is 133 Å². The van der Waals surface area contributed by atoms with Gasteiger partial charge >= 0.3 is 18.0 Å². The number of amides is 7. The van der Waals surface area contributed by atoms with Crippen molar-refractivity contribution in [2.24, 2.45) is 11.3 Å². The summed E-state index contributed by atoms with van der Waals surface area (Å²) in [5.41, 5.74) is 4.47. The number of carboxylic acid groups (broad SMARTS) is 1. The topological polar surface area (TPSA) is 504 Å². The van der Waals surface area contributed by atoms with E-state index in [0.29, 0.717) is 223 Å². The molecular formula is C101H132FN9O31. The van der Waals surface area contributed by atoms with Crippen LogP contribution in [-0.4, -0.2) is 315 Å². The molecule has 774 valence electrons. The van der Waals surface area contributed by atoms with Crippen LogP contribution in [0.5, 0.6) is 5.75 Å². The molecule has 7 heterocycles. The van der Waals surface area contributed by atoms with Gasteiger partial charge in [0, 0.05) is 99.6 Å². The number of hydrogen-bond donors (Lipinski definition) is 10. The number of nitrogens with one attached hydrogen (secondary N) is 5. The molecule has 1 saturated carbocycles. The second-order valence-electron chi connectivity index (χ2n) is 35.8. The minimum Gasteiger partial charge on any atom is -0.479 e. The monoisotopic (exact) mass is 1990 g/mol. The van der Waals surface area contributed by atoms with Crippen molar-refractivity contribution in [3.05, 3.63) is 156 Å². The zero-order valence-electron chi connectivity index (χ0n) is 80.6. The van der Waals surface area contributed by atoms with E-state index in [1.807, 2.05) is 64.4 Å². The van der Waals surface area contributed by atoms with Gasteiger partial charge in [-0.15, -0.1) is 0 Å². The highest BCUT2D eigenvalue weighted by Gasteiger charge is 2.52. The number of esters is 1. The minimum absolute atomic E-state index is 0.00236. The van der Waals surface area contributed by atoms with Gasteiger partial charge in [0.05, 0.1) is 199 Å². The highest BCUT2D eigenvalue weighted by atomic mass is 19.1. The number of rotatable bonds is 58. The Labute approximate surface area is 821 Å². The molecule has 0 radical (unpaired) electrons. The Morgan fingerprint density at radius 2 is 1.20 bits per heavy atom. The smallest absolute Gasteiger partial charge is 0.407 e. The lowest BCUT2D eigenvalue weighted by Gasteiger charge is -2.51. The molecule has 3 fully saturated rings. The molecule has 7 amide bonds. The number of nitrogens with zero attached hydrogens (tertiary/aromatic N) is 4. The number of benzene rings is 4. The van der Waals surface area contributed by atoms with E-state index in [-0.39, 0.29) is 154 Å². The van der Waals surface area contributed by atoms with Crippen molar-refractivity contribution >= 4 is 82.2 Å². The Hall–Kier alpha value is -10.9. The highest BCUT2D eigenvalue weighted by Crippen LogP contribution is 2.53. The van der Waals surface area contributed by atoms with E-state index < -0.39 is 114 Å². The number of alkyl carbamates (subject to hydrolysis) is 1. The summed E-state index contributed by atoms with van der Waals surface area (Å²) in [6.07, 6.45) is -3.03. The molecule has 142 heavy (non-hydrogen) atoms. The van der Waals surface area contributed by atoms with Crippen molar-refractivity contribution in [2.75, 3.05) is 190 Å². The zero-order chi connectivity index (χ0) is 100. The molecule has 7 aliphatic rings. The number of aryl methyl sites for hydroxylation is 1. The molecule has 41 heteroatoms. The van der Waals surface area contributed by atoms with Gasteiger partial charge in [-0.25, -0.2) is 23.8 Å². The maximum Gasteiger partial charge on any atom is 0.407 e. The Morgan fingerprint density at radius 3 is 1.82 bits per heavy atom. The number of aliphatic hydroxyl groups is 4. The van der Waals surface area contributed by atoms with Crippen LogP contribution in [0.4, 0.5) is 14.9 Å². The molecule has 2 aliphatic carbocycles. The van der Waals surface area contributed by atoms with Gasteiger partial charge in [-0.3, -0.25) is 33.6 Å². The van der Waals surface area contributed by atoms with E-state index >= 15 is 4.39 Å². The quantitative estimate of drug-likeness (QED) is 0.0178. The highest BCUT2D eigenvalue weighted by molar-refractivity contribution is 5.98. The maximum absolute atomic E-state index is 15.8. The average Bonchev–Trinajstić information content (AvgIpc) is 1.53. The number of para-hydroxylation sites is 1. The molecule has 2 saturated heterocycles. The molecule has 2 aromatic heterocycles. The lowest BCUT2D eigenvalue weighted by atomic mass is 9.57. The lowest BCUT2D eigenvalue weighted by Crippen LogP contribution is -2.61. The van der Waals surface area contributed by atoms with Gasteiger partial charge in [0.1, 0.15) is 49.1 Å². The Kier molecular flexibility index (Phi) is 41.3. The predicted octanol–water partition coefficient (Wildman–Crippen LogP) is 4.95. The van der Waals surface area contributed by atoms with E-state index in [4.69, 9.17) is 80.8 Å². The van der Waals surface area contributed by atoms with Crippen LogP contribution < -0.4 is 41.8 Å². The SMILES string of the molecule is CCC1(O)C(=O)OCc2c1cc1n(c2=O)Cc2c-1nc1cc(F)c(C)c3c1c2C(NC(=O)OCc1ccc(OC2OC(C(=O)O)C(O)C(O)C2O)c(CNC(=O)CCNC(=O)C(CNC(=O)CCOCCOCCOCCOCCOCCOCCOCCOCCOCCOCCOCCOC)NC(=O)C2CC4(CCN(C(=O)CCCCC(=O)N5Cc6ccccc6/C=C\c6ccccc65)CC4)C2)c1)CC3. The number of halogens is 1. The second-order valence-corrected chi connectivity index (χ2v) is 35.8. The summed E-state index contributed by atoms with van der Waals surface area (Å²) in [5.74, 6) is -6.09. The first kappa shape index (κ1) is 108.